The van der Waals surface area contributed by atoms with E-state index in [4.69, 9.17) is 22.9 Å². The fourth-order valence-electron chi connectivity index (χ4n) is 4.43. The van der Waals surface area contributed by atoms with Gasteiger partial charge < -0.3 is 22.9 Å². The molecule has 0 spiro atoms. The third-order valence-electron chi connectivity index (χ3n) is 6.55. The summed E-state index contributed by atoms with van der Waals surface area (Å²) < 4.78 is 0. The van der Waals surface area contributed by atoms with Crippen LogP contribution in [0.15, 0.2) is 24.3 Å². The minimum absolute atomic E-state index is 0.801. The van der Waals surface area contributed by atoms with E-state index in [-0.39, 0.29) is 0 Å². The molecule has 0 bridgehead atoms. The minimum Gasteiger partial charge on any atom is -0.330 e. The molecule has 0 atom stereocenters. The second kappa shape index (κ2) is 22.4. The van der Waals surface area contributed by atoms with E-state index < -0.39 is 0 Å². The number of hydrogen-bond acceptors (Lipinski definition) is 6. The summed E-state index contributed by atoms with van der Waals surface area (Å²) in [7, 11) is 0. The van der Waals surface area contributed by atoms with Gasteiger partial charge in [-0.15, -0.1) is 0 Å². The van der Waals surface area contributed by atoms with E-state index in [0.29, 0.717) is 0 Å². The number of unbranched alkanes of at least 4 members (excludes halogenated alkanes) is 8. The lowest BCUT2D eigenvalue weighted by atomic mass is 10.1. The topological polar surface area (TPSA) is 111 Å². The third-order valence-corrected chi connectivity index (χ3v) is 6.55. The molecule has 0 unspecified atom stereocenters. The highest BCUT2D eigenvalue weighted by Gasteiger charge is 2.09. The number of rotatable bonds is 24. The Morgan fingerprint density at radius 2 is 0.647 bits per heavy atom. The van der Waals surface area contributed by atoms with Crippen molar-refractivity contribution in [1.82, 2.24) is 9.80 Å². The summed E-state index contributed by atoms with van der Waals surface area (Å²) in [4.78, 5) is 5.23. The van der Waals surface area contributed by atoms with Gasteiger partial charge in [-0.3, -0.25) is 9.80 Å². The van der Waals surface area contributed by atoms with Crippen LogP contribution in [0.2, 0.25) is 0 Å². The molecule has 34 heavy (non-hydrogen) atoms. The minimum atomic E-state index is 0.801. The van der Waals surface area contributed by atoms with Gasteiger partial charge in [0.25, 0.3) is 0 Å². The summed E-state index contributed by atoms with van der Waals surface area (Å²) in [5, 5.41) is 0. The number of nitrogens with zero attached hydrogens (tertiary/aromatic N) is 2. The van der Waals surface area contributed by atoms with Crippen LogP contribution in [0.4, 0.5) is 0 Å². The van der Waals surface area contributed by atoms with Crippen molar-refractivity contribution < 1.29 is 0 Å². The van der Waals surface area contributed by atoms with Gasteiger partial charge >= 0.3 is 0 Å². The van der Waals surface area contributed by atoms with Crippen LogP contribution in [0, 0.1) is 0 Å². The molecule has 0 aliphatic heterocycles. The second-order valence-electron chi connectivity index (χ2n) is 9.77. The normalized spacial score (nSPS) is 11.7. The predicted molar refractivity (Wildman–Crippen MR) is 149 cm³/mol. The van der Waals surface area contributed by atoms with E-state index in [1.54, 1.807) is 0 Å². The Labute approximate surface area is 210 Å². The van der Waals surface area contributed by atoms with Gasteiger partial charge in [0.1, 0.15) is 0 Å². The quantitative estimate of drug-likeness (QED) is 0.169. The van der Waals surface area contributed by atoms with Gasteiger partial charge in [0, 0.05) is 13.1 Å². The van der Waals surface area contributed by atoms with E-state index in [2.05, 4.69) is 34.1 Å². The van der Waals surface area contributed by atoms with E-state index in [0.717, 1.165) is 91.1 Å². The molecular weight excluding hydrogens is 420 g/mol. The van der Waals surface area contributed by atoms with E-state index in [1.807, 2.05) is 0 Å². The van der Waals surface area contributed by atoms with Crippen molar-refractivity contribution in [3.8, 4) is 0 Å². The van der Waals surface area contributed by atoms with Gasteiger partial charge in [0.05, 0.1) is 0 Å². The summed E-state index contributed by atoms with van der Waals surface area (Å²) >= 11 is 0. The Bertz CT molecular complexity index is 477. The highest BCUT2D eigenvalue weighted by Crippen LogP contribution is 2.13. The molecule has 1 aromatic rings. The second-order valence-corrected chi connectivity index (χ2v) is 9.77. The van der Waals surface area contributed by atoms with Gasteiger partial charge in [-0.25, -0.2) is 0 Å². The highest BCUT2D eigenvalue weighted by atomic mass is 15.1. The van der Waals surface area contributed by atoms with Crippen molar-refractivity contribution in [1.29, 1.82) is 0 Å². The fourth-order valence-corrected chi connectivity index (χ4v) is 4.43. The molecule has 8 N–H and O–H groups in total. The van der Waals surface area contributed by atoms with Crippen LogP contribution in [0.25, 0.3) is 0 Å². The van der Waals surface area contributed by atoms with Crippen molar-refractivity contribution in [2.75, 3.05) is 52.4 Å². The zero-order valence-electron chi connectivity index (χ0n) is 22.1. The molecule has 0 fully saturated rings. The van der Waals surface area contributed by atoms with Crippen LogP contribution < -0.4 is 22.9 Å². The Kier molecular flexibility index (Phi) is 20.5. The summed E-state index contributed by atoms with van der Waals surface area (Å²) in [5.74, 6) is 0. The maximum absolute atomic E-state index is 5.67. The molecule has 0 aromatic heterocycles. The lowest BCUT2D eigenvalue weighted by Crippen LogP contribution is -2.26. The maximum Gasteiger partial charge on any atom is 0.0233 e. The Morgan fingerprint density at radius 1 is 0.382 bits per heavy atom. The zero-order chi connectivity index (χ0) is 24.7. The first-order chi connectivity index (χ1) is 16.7. The zero-order valence-corrected chi connectivity index (χ0v) is 22.1. The molecule has 1 rings (SSSR count). The standard InChI is InChI=1S/C28H56N6/c29-17-5-1-9-21-33(22-10-2-6-18-30)25-27-13-15-28(16-14-27)26-34(23-11-3-7-19-31)24-12-4-8-20-32/h13-16H,1-12,17-26,29-32H2. The first-order valence-electron chi connectivity index (χ1n) is 14.1. The lowest BCUT2D eigenvalue weighted by molar-refractivity contribution is 0.251. The van der Waals surface area contributed by atoms with Gasteiger partial charge in [-0.2, -0.15) is 0 Å². The predicted octanol–water partition coefficient (Wildman–Crippen LogP) is 3.81. The Balaban J connectivity index is 2.59. The summed E-state index contributed by atoms with van der Waals surface area (Å²) in [6.45, 7) is 9.90. The monoisotopic (exact) mass is 476 g/mol. The van der Waals surface area contributed by atoms with Gasteiger partial charge in [-0.05, 0) is 115 Å². The van der Waals surface area contributed by atoms with Crippen molar-refractivity contribution in [2.45, 2.75) is 90.1 Å². The largest absolute Gasteiger partial charge is 0.330 e. The molecule has 0 aliphatic carbocycles. The van der Waals surface area contributed by atoms with Crippen LogP contribution >= 0.6 is 0 Å². The van der Waals surface area contributed by atoms with Crippen molar-refractivity contribution in [2.24, 2.45) is 22.9 Å². The molecular formula is C28H56N6. The molecule has 198 valence electrons. The summed E-state index contributed by atoms with van der Waals surface area (Å²) in [6, 6.07) is 9.35. The van der Waals surface area contributed by atoms with Crippen molar-refractivity contribution >= 4 is 0 Å². The molecule has 1 aromatic carbocycles. The molecule has 6 nitrogen and oxygen atoms in total. The first-order valence-corrected chi connectivity index (χ1v) is 14.1. The van der Waals surface area contributed by atoms with Gasteiger partial charge in [0.2, 0.25) is 0 Å². The SMILES string of the molecule is NCCCCCN(CCCCCN)Cc1ccc(CN(CCCCCN)CCCCCN)cc1. The van der Waals surface area contributed by atoms with E-state index in [1.165, 1.54) is 62.5 Å². The summed E-state index contributed by atoms with van der Waals surface area (Å²) in [5.41, 5.74) is 25.5. The maximum atomic E-state index is 5.67. The Morgan fingerprint density at radius 3 is 0.882 bits per heavy atom. The molecule has 0 heterocycles. The number of benzene rings is 1. The van der Waals surface area contributed by atoms with Crippen LogP contribution in [0.1, 0.15) is 88.2 Å². The first kappa shape index (κ1) is 31.0. The third kappa shape index (κ3) is 16.6. The van der Waals surface area contributed by atoms with Crippen molar-refractivity contribution in [3.05, 3.63) is 35.4 Å². The average molecular weight is 477 g/mol. The highest BCUT2D eigenvalue weighted by molar-refractivity contribution is 5.22. The van der Waals surface area contributed by atoms with Crippen LogP contribution in [0.3, 0.4) is 0 Å². The molecule has 0 saturated heterocycles. The Hall–Kier alpha value is -1.02. The molecule has 0 aliphatic rings. The van der Waals surface area contributed by atoms with Crippen molar-refractivity contribution in [3.63, 3.8) is 0 Å². The van der Waals surface area contributed by atoms with E-state index in [9.17, 15) is 0 Å². The molecule has 0 saturated carbocycles. The smallest absolute Gasteiger partial charge is 0.0233 e. The molecule has 0 radical (unpaired) electrons. The molecule has 6 heteroatoms. The van der Waals surface area contributed by atoms with Gasteiger partial charge in [0.15, 0.2) is 0 Å². The average Bonchev–Trinajstić information content (AvgIpc) is 2.85. The van der Waals surface area contributed by atoms with Crippen LogP contribution in [0.5, 0.6) is 0 Å². The summed E-state index contributed by atoms with van der Waals surface area (Å²) in [6.07, 6.45) is 14.3. The number of nitrogens with two attached hydrogens (primary N) is 4. The molecule has 0 amide bonds. The number of hydrogen-bond donors (Lipinski definition) is 4. The van der Waals surface area contributed by atoms with E-state index >= 15 is 0 Å². The fraction of sp³-hybridized carbons (Fsp3) is 0.786. The lowest BCUT2D eigenvalue weighted by Gasteiger charge is -2.24. The van der Waals surface area contributed by atoms with Gasteiger partial charge in [-0.1, -0.05) is 49.9 Å². The van der Waals surface area contributed by atoms with Crippen LogP contribution in [-0.2, 0) is 13.1 Å². The van der Waals surface area contributed by atoms with Crippen LogP contribution in [-0.4, -0.2) is 62.2 Å².